The lowest BCUT2D eigenvalue weighted by atomic mass is 9.83. The molecule has 0 unspecified atom stereocenters. The van der Waals surface area contributed by atoms with Crippen molar-refractivity contribution in [3.63, 3.8) is 0 Å². The van der Waals surface area contributed by atoms with Crippen molar-refractivity contribution in [2.24, 2.45) is 0 Å². The van der Waals surface area contributed by atoms with E-state index >= 15 is 4.39 Å². The van der Waals surface area contributed by atoms with Gasteiger partial charge in [-0.25, -0.2) is 4.39 Å². The lowest BCUT2D eigenvalue weighted by Crippen LogP contribution is -2.43. The Morgan fingerprint density at radius 2 is 1.59 bits per heavy atom. The van der Waals surface area contributed by atoms with Crippen molar-refractivity contribution in [2.75, 3.05) is 33.7 Å². The lowest BCUT2D eigenvalue weighted by molar-refractivity contribution is -0.136. The average Bonchev–Trinajstić information content (AvgIpc) is 3.11. The fourth-order valence-corrected chi connectivity index (χ4v) is 6.43. The van der Waals surface area contributed by atoms with Crippen LogP contribution >= 0.6 is 11.6 Å². The molecule has 1 N–H and O–H groups in total. The van der Waals surface area contributed by atoms with Crippen molar-refractivity contribution in [1.29, 1.82) is 0 Å². The van der Waals surface area contributed by atoms with Crippen molar-refractivity contribution >= 4 is 46.8 Å². The highest BCUT2D eigenvalue weighted by Crippen LogP contribution is 2.38. The van der Waals surface area contributed by atoms with Crippen LogP contribution in [0.4, 0.5) is 4.39 Å². The molecule has 1 aliphatic heterocycles. The zero-order valence-corrected chi connectivity index (χ0v) is 29.7. The molecule has 4 aromatic rings. The monoisotopic (exact) mass is 707 g/mol. The quantitative estimate of drug-likeness (QED) is 0.128. The van der Waals surface area contributed by atoms with Crippen LogP contribution in [0.3, 0.4) is 0 Å². The van der Waals surface area contributed by atoms with E-state index in [2.05, 4.69) is 5.32 Å². The molecule has 0 fully saturated rings. The van der Waals surface area contributed by atoms with Gasteiger partial charge in [-0.1, -0.05) is 66.2 Å². The Morgan fingerprint density at radius 3 is 2.24 bits per heavy atom. The second-order valence-corrected chi connectivity index (χ2v) is 13.2. The van der Waals surface area contributed by atoms with Gasteiger partial charge in [0.1, 0.15) is 11.9 Å². The molecule has 1 heterocycles. The molecule has 0 spiro atoms. The third-order valence-corrected chi connectivity index (χ3v) is 9.25. The van der Waals surface area contributed by atoms with Crippen LogP contribution in [0.2, 0.25) is 5.02 Å². The topological polar surface area (TPSA) is 104 Å². The molecule has 262 valence electrons. The number of nitrogens with one attached hydrogen (secondary N) is 1. The maximum Gasteiger partial charge on any atom is 0.251 e. The van der Waals surface area contributed by atoms with Crippen molar-refractivity contribution < 1.29 is 28.4 Å². The van der Waals surface area contributed by atoms with Gasteiger partial charge in [0.2, 0.25) is 5.91 Å². The molecule has 4 aromatic carbocycles. The van der Waals surface area contributed by atoms with Gasteiger partial charge in [0, 0.05) is 54.4 Å². The minimum atomic E-state index is -0.975. The molecule has 8 nitrogen and oxygen atoms in total. The number of amides is 2. The molecule has 0 aliphatic carbocycles. The number of Topliss-reactive ketones (excluding diaryl/α,β-unsaturated/α-hetero) is 3. The number of carbonyl (C=O) groups is 5. The van der Waals surface area contributed by atoms with Crippen LogP contribution in [0, 0.1) is 5.82 Å². The first kappa shape index (κ1) is 37.0. The minimum absolute atomic E-state index is 0.00491. The molecule has 51 heavy (non-hydrogen) atoms. The molecule has 10 heteroatoms. The Hall–Kier alpha value is -5.25. The first-order chi connectivity index (χ1) is 24.3. The average molecular weight is 708 g/mol. The van der Waals surface area contributed by atoms with Gasteiger partial charge in [-0.2, -0.15) is 0 Å². The molecule has 0 aromatic heterocycles. The summed E-state index contributed by atoms with van der Waals surface area (Å²) in [5.74, 6) is -2.24. The molecule has 2 amide bonds. The van der Waals surface area contributed by atoms with Crippen molar-refractivity contribution in [3.05, 3.63) is 135 Å². The third-order valence-electron chi connectivity index (χ3n) is 8.96. The molecule has 0 bridgehead atoms. The van der Waals surface area contributed by atoms with Gasteiger partial charge in [-0.05, 0) is 92.5 Å². The molecule has 1 atom stereocenters. The van der Waals surface area contributed by atoms with Gasteiger partial charge < -0.3 is 15.1 Å². The van der Waals surface area contributed by atoms with Crippen molar-refractivity contribution in [1.82, 2.24) is 15.1 Å². The number of fused-ring (bicyclic) bond motifs is 1. The molecule has 0 radical (unpaired) electrons. The zero-order chi connectivity index (χ0) is 36.8. The van der Waals surface area contributed by atoms with Gasteiger partial charge in [0.05, 0.1) is 5.02 Å². The van der Waals surface area contributed by atoms with E-state index < -0.39 is 17.8 Å². The van der Waals surface area contributed by atoms with Crippen LogP contribution in [0.15, 0.2) is 84.9 Å². The molecule has 5 rings (SSSR count). The van der Waals surface area contributed by atoms with Crippen molar-refractivity contribution in [2.45, 2.75) is 32.7 Å². The van der Waals surface area contributed by atoms with E-state index in [1.165, 1.54) is 43.0 Å². The summed E-state index contributed by atoms with van der Waals surface area (Å²) in [6.45, 7) is 4.20. The first-order valence-electron chi connectivity index (χ1n) is 16.6. The van der Waals surface area contributed by atoms with Crippen LogP contribution in [-0.2, 0) is 22.4 Å². The number of ketones is 3. The Balaban J connectivity index is 1.49. The molecular weight excluding hydrogens is 669 g/mol. The van der Waals surface area contributed by atoms with E-state index in [0.717, 1.165) is 23.2 Å². The maximum absolute atomic E-state index is 15.0. The van der Waals surface area contributed by atoms with Crippen LogP contribution < -0.4 is 5.32 Å². The number of carbonyl (C=O) groups excluding carboxylic acids is 5. The summed E-state index contributed by atoms with van der Waals surface area (Å²) in [5, 5.41) is 2.73. The van der Waals surface area contributed by atoms with Gasteiger partial charge in [-0.3, -0.25) is 24.0 Å². The predicted octanol–water partition coefficient (Wildman–Crippen LogP) is 6.79. The first-order valence-corrected chi connectivity index (χ1v) is 17.0. The highest BCUT2D eigenvalue weighted by molar-refractivity contribution is 6.31. The number of nitrogens with zero attached hydrogens (tertiary/aromatic N) is 2. The third kappa shape index (κ3) is 8.56. The van der Waals surface area contributed by atoms with E-state index in [-0.39, 0.29) is 52.4 Å². The summed E-state index contributed by atoms with van der Waals surface area (Å²) >= 11 is 6.00. The van der Waals surface area contributed by atoms with Gasteiger partial charge in [-0.15, -0.1) is 0 Å². The highest BCUT2D eigenvalue weighted by atomic mass is 35.5. The zero-order valence-electron chi connectivity index (χ0n) is 29.0. The van der Waals surface area contributed by atoms with Gasteiger partial charge in [0.15, 0.2) is 17.3 Å². The number of hydrogen-bond donors (Lipinski definition) is 1. The number of rotatable bonds is 12. The Morgan fingerprint density at radius 1 is 0.902 bits per heavy atom. The van der Waals surface area contributed by atoms with Crippen LogP contribution in [-0.4, -0.2) is 72.7 Å². The summed E-state index contributed by atoms with van der Waals surface area (Å²) in [5.41, 5.74) is 5.01. The Bertz CT molecular complexity index is 2020. The molecule has 1 aliphatic rings. The summed E-state index contributed by atoms with van der Waals surface area (Å²) in [6, 6.07) is 21.4. The van der Waals surface area contributed by atoms with E-state index in [4.69, 9.17) is 11.6 Å². The smallest absolute Gasteiger partial charge is 0.251 e. The predicted molar refractivity (Wildman–Crippen MR) is 197 cm³/mol. The summed E-state index contributed by atoms with van der Waals surface area (Å²) in [7, 11) is 3.87. The van der Waals surface area contributed by atoms with Gasteiger partial charge >= 0.3 is 0 Å². The largest absolute Gasteiger partial charge is 0.351 e. The fraction of sp³-hybridized carbons (Fsp3) is 0.244. The summed E-state index contributed by atoms with van der Waals surface area (Å²) in [4.78, 5) is 68.3. The van der Waals surface area contributed by atoms with Crippen LogP contribution in [0.25, 0.3) is 17.2 Å². The normalized spacial score (nSPS) is 14.0. The lowest BCUT2D eigenvalue weighted by Gasteiger charge is -2.37. The van der Waals surface area contributed by atoms with E-state index in [1.807, 2.05) is 49.3 Å². The van der Waals surface area contributed by atoms with Crippen LogP contribution in [0.5, 0.6) is 0 Å². The molecular formula is C41H39ClFN3O5. The number of likely N-dealkylation sites (N-methyl/N-ethyl adjacent to an activating group) is 1. The number of benzene rings is 4. The second kappa shape index (κ2) is 16.2. The second-order valence-electron chi connectivity index (χ2n) is 12.8. The van der Waals surface area contributed by atoms with Gasteiger partial charge in [0.25, 0.3) is 5.91 Å². The molecule has 0 saturated heterocycles. The number of hydrogen-bond acceptors (Lipinski definition) is 6. The SMILES string of the molecule is CC(=O)c1ccc(CC(=O)[C@H]2c3cccc(-c4ccc(C(=O)NCCN(C)C)cc4)c3CCN2C(=O)/C=C/c2c(C(C)=O)ccc(Cl)c2F)cc1. The van der Waals surface area contributed by atoms with E-state index in [0.29, 0.717) is 35.2 Å². The van der Waals surface area contributed by atoms with E-state index in [9.17, 15) is 24.0 Å². The van der Waals surface area contributed by atoms with Crippen LogP contribution in [0.1, 0.15) is 73.2 Å². The van der Waals surface area contributed by atoms with E-state index in [1.54, 1.807) is 36.4 Å². The fourth-order valence-electron chi connectivity index (χ4n) is 6.26. The van der Waals surface area contributed by atoms with Crippen molar-refractivity contribution in [3.8, 4) is 11.1 Å². The highest BCUT2D eigenvalue weighted by Gasteiger charge is 2.36. The maximum atomic E-state index is 15.0. The standard InChI is InChI=1S/C41H39ClFN3O5/c1-25(47)28-10-8-27(9-11-28)24-37(49)40-35-7-5-6-32(29-12-14-30(15-13-29)41(51)44-21-23-45(3)4)33(35)20-22-46(40)38(50)19-17-34-31(26(2)48)16-18-36(42)39(34)43/h5-19,40H,20-24H2,1-4H3,(H,44,51)/b19-17+/t40-/m1/s1. The Kier molecular flexibility index (Phi) is 11.7. The minimum Gasteiger partial charge on any atom is -0.351 e. The summed E-state index contributed by atoms with van der Waals surface area (Å²) in [6.07, 6.45) is 2.82. The number of halogens is 2. The molecule has 0 saturated carbocycles. The Labute approximate surface area is 301 Å². The summed E-state index contributed by atoms with van der Waals surface area (Å²) < 4.78 is 15.0.